The van der Waals surface area contributed by atoms with Crippen LogP contribution in [0.2, 0.25) is 0 Å². The molecule has 5 nitrogen and oxygen atoms in total. The number of rotatable bonds is 1. The number of aromatic carboxylic acids is 1. The fourth-order valence-electron chi connectivity index (χ4n) is 0.408. The molecule has 50 valence electrons. The minimum absolute atomic E-state index is 0.0531. The molecular formula is C4H2N3O2S+. The fourth-order valence-corrected chi connectivity index (χ4v) is 0.977. The van der Waals surface area contributed by atoms with Crippen LogP contribution in [0, 0.1) is 5.39 Å². The first kappa shape index (κ1) is 6.64. The minimum atomic E-state index is -1.12. The zero-order valence-corrected chi connectivity index (χ0v) is 5.50. The van der Waals surface area contributed by atoms with Crippen LogP contribution in [0.15, 0.2) is 5.38 Å². The molecule has 0 saturated heterocycles. The second-order valence-corrected chi connectivity index (χ2v) is 2.26. The van der Waals surface area contributed by atoms with Gasteiger partial charge in [0.15, 0.2) is 0 Å². The van der Waals surface area contributed by atoms with Crippen molar-refractivity contribution in [3.63, 3.8) is 0 Å². The molecule has 0 bridgehead atoms. The molecule has 0 aliphatic carbocycles. The van der Waals surface area contributed by atoms with Crippen molar-refractivity contribution in [1.29, 1.82) is 5.39 Å². The predicted molar refractivity (Wildman–Crippen MR) is 33.8 cm³/mol. The molecule has 1 aromatic rings. The normalized spacial score (nSPS) is 8.70. The van der Waals surface area contributed by atoms with Gasteiger partial charge in [-0.2, -0.15) is 0 Å². The molecule has 0 fully saturated rings. The van der Waals surface area contributed by atoms with Crippen LogP contribution >= 0.6 is 11.3 Å². The lowest BCUT2D eigenvalue weighted by Crippen LogP contribution is -1.94. The quantitative estimate of drug-likeness (QED) is 0.622. The van der Waals surface area contributed by atoms with Gasteiger partial charge in [-0.1, -0.05) is 0 Å². The van der Waals surface area contributed by atoms with E-state index in [1.807, 2.05) is 0 Å². The predicted octanol–water partition coefficient (Wildman–Crippen LogP) is 1.33. The summed E-state index contributed by atoms with van der Waals surface area (Å²) in [5.74, 6) is -1.12. The SMILES string of the molecule is N#[N+]c1nc(C(=O)O)cs1. The van der Waals surface area contributed by atoms with Gasteiger partial charge in [0.25, 0.3) is 5.69 Å². The number of carboxylic acids is 1. The van der Waals surface area contributed by atoms with E-state index in [2.05, 4.69) is 9.96 Å². The van der Waals surface area contributed by atoms with Gasteiger partial charge >= 0.3 is 11.1 Å². The molecule has 0 amide bonds. The van der Waals surface area contributed by atoms with Gasteiger partial charge in [0.05, 0.1) is 10.8 Å². The Morgan fingerprint density at radius 1 is 1.90 bits per heavy atom. The Hall–Kier alpha value is -1.48. The van der Waals surface area contributed by atoms with Crippen molar-refractivity contribution >= 4 is 22.4 Å². The maximum absolute atomic E-state index is 10.2. The third kappa shape index (κ3) is 1.09. The minimum Gasteiger partial charge on any atom is -0.475 e. The van der Waals surface area contributed by atoms with Crippen LogP contribution < -0.4 is 0 Å². The fraction of sp³-hybridized carbons (Fsp3) is 0. The second kappa shape index (κ2) is 2.41. The highest BCUT2D eigenvalue weighted by Gasteiger charge is 2.18. The summed E-state index contributed by atoms with van der Waals surface area (Å²) in [4.78, 5) is 16.3. The third-order valence-electron chi connectivity index (χ3n) is 0.797. The van der Waals surface area contributed by atoms with E-state index in [0.29, 0.717) is 0 Å². The monoisotopic (exact) mass is 156 g/mol. The van der Waals surface area contributed by atoms with Crippen molar-refractivity contribution in [1.82, 2.24) is 4.98 Å². The Labute approximate surface area is 59.6 Å². The average Bonchev–Trinajstić information content (AvgIpc) is 2.34. The van der Waals surface area contributed by atoms with Gasteiger partial charge in [-0.15, -0.1) is 0 Å². The molecule has 0 aliphatic rings. The van der Waals surface area contributed by atoms with Crippen molar-refractivity contribution in [2.45, 2.75) is 0 Å². The van der Waals surface area contributed by atoms with Crippen molar-refractivity contribution in [3.05, 3.63) is 16.0 Å². The van der Waals surface area contributed by atoms with E-state index < -0.39 is 5.97 Å². The highest BCUT2D eigenvalue weighted by Crippen LogP contribution is 2.17. The van der Waals surface area contributed by atoms with E-state index >= 15 is 0 Å². The third-order valence-corrected chi connectivity index (χ3v) is 1.52. The molecule has 10 heavy (non-hydrogen) atoms. The molecule has 1 aromatic heterocycles. The molecule has 1 heterocycles. The van der Waals surface area contributed by atoms with E-state index in [9.17, 15) is 4.79 Å². The average molecular weight is 156 g/mol. The van der Waals surface area contributed by atoms with Crippen LogP contribution in [0.3, 0.4) is 0 Å². The van der Waals surface area contributed by atoms with Gasteiger partial charge in [0.1, 0.15) is 0 Å². The first-order chi connectivity index (χ1) is 4.74. The highest BCUT2D eigenvalue weighted by molar-refractivity contribution is 7.14. The lowest BCUT2D eigenvalue weighted by atomic mass is 10.5. The van der Waals surface area contributed by atoms with Crippen molar-refractivity contribution < 1.29 is 9.90 Å². The molecule has 6 heteroatoms. The van der Waals surface area contributed by atoms with Gasteiger partial charge in [-0.3, -0.25) is 0 Å². The number of carbonyl (C=O) groups is 1. The van der Waals surface area contributed by atoms with Crippen LogP contribution in [0.1, 0.15) is 10.5 Å². The lowest BCUT2D eigenvalue weighted by molar-refractivity contribution is 0.0691. The van der Waals surface area contributed by atoms with Gasteiger partial charge in [-0.25, -0.2) is 4.79 Å². The molecule has 0 aromatic carbocycles. The Morgan fingerprint density at radius 2 is 2.60 bits per heavy atom. The molecule has 0 atom stereocenters. The molecule has 0 aliphatic heterocycles. The summed E-state index contributed by atoms with van der Waals surface area (Å²) in [5.41, 5.74) is -0.0993. The molecule has 0 saturated carbocycles. The summed E-state index contributed by atoms with van der Waals surface area (Å²) < 4.78 is 0. The summed E-state index contributed by atoms with van der Waals surface area (Å²) in [6.45, 7) is 0. The number of hydrogen-bond acceptors (Lipinski definition) is 4. The zero-order valence-electron chi connectivity index (χ0n) is 4.68. The van der Waals surface area contributed by atoms with Crippen molar-refractivity contribution in [2.24, 2.45) is 0 Å². The van der Waals surface area contributed by atoms with Crippen LogP contribution in [0.4, 0.5) is 5.13 Å². The first-order valence-electron chi connectivity index (χ1n) is 2.28. The molecule has 0 spiro atoms. The van der Waals surface area contributed by atoms with Gasteiger partial charge in [0.2, 0.25) is 0 Å². The Bertz CT molecular complexity index is 300. The molecule has 1 rings (SSSR count). The second-order valence-electron chi connectivity index (χ2n) is 1.42. The summed E-state index contributed by atoms with van der Waals surface area (Å²) >= 11 is 0.969. The smallest absolute Gasteiger partial charge is 0.475 e. The first-order valence-corrected chi connectivity index (χ1v) is 3.16. The Kier molecular flexibility index (Phi) is 1.60. The molecule has 0 unspecified atom stereocenters. The number of aromatic nitrogens is 1. The van der Waals surface area contributed by atoms with Crippen LogP contribution in [-0.2, 0) is 0 Å². The van der Waals surface area contributed by atoms with Gasteiger partial charge < -0.3 is 5.11 Å². The Morgan fingerprint density at radius 3 is 2.90 bits per heavy atom. The summed E-state index contributed by atoms with van der Waals surface area (Å²) in [6, 6.07) is 0. The van der Waals surface area contributed by atoms with E-state index in [1.165, 1.54) is 5.38 Å². The van der Waals surface area contributed by atoms with Crippen LogP contribution in [-0.4, -0.2) is 16.1 Å². The number of thiazole rings is 1. The maximum Gasteiger partial charge on any atom is 0.524 e. The summed E-state index contributed by atoms with van der Waals surface area (Å²) in [5, 5.41) is 17.8. The zero-order chi connectivity index (χ0) is 7.56. The lowest BCUT2D eigenvalue weighted by Gasteiger charge is -1.71. The van der Waals surface area contributed by atoms with E-state index in [1.54, 1.807) is 0 Å². The van der Waals surface area contributed by atoms with Crippen LogP contribution in [0.5, 0.6) is 0 Å². The molecule has 1 N–H and O–H groups in total. The molecule has 0 radical (unpaired) electrons. The summed E-state index contributed by atoms with van der Waals surface area (Å²) in [6.07, 6.45) is 0. The van der Waals surface area contributed by atoms with Crippen molar-refractivity contribution in [2.75, 3.05) is 0 Å². The van der Waals surface area contributed by atoms with E-state index in [-0.39, 0.29) is 10.8 Å². The number of hydrogen-bond donors (Lipinski definition) is 1. The maximum atomic E-state index is 10.2. The highest BCUT2D eigenvalue weighted by atomic mass is 32.1. The summed E-state index contributed by atoms with van der Waals surface area (Å²) in [7, 11) is 0. The Balaban J connectivity index is 3.02. The van der Waals surface area contributed by atoms with Gasteiger partial charge in [0, 0.05) is 4.98 Å². The van der Waals surface area contributed by atoms with E-state index in [0.717, 1.165) is 11.3 Å². The number of diazo groups is 1. The topological polar surface area (TPSA) is 78.3 Å². The van der Waals surface area contributed by atoms with E-state index in [4.69, 9.17) is 10.5 Å². The van der Waals surface area contributed by atoms with Crippen molar-refractivity contribution in [3.8, 4) is 0 Å². The van der Waals surface area contributed by atoms with Crippen LogP contribution in [0.25, 0.3) is 4.98 Å². The number of carboxylic acid groups (broad SMARTS) is 1. The largest absolute Gasteiger partial charge is 0.524 e. The molecular weight excluding hydrogens is 154 g/mol. The van der Waals surface area contributed by atoms with Gasteiger partial charge in [-0.05, 0) is 16.3 Å². The number of nitrogens with zero attached hydrogens (tertiary/aromatic N) is 3. The standard InChI is InChI=1S/C4HN3O2S/c5-7-4-6-2(1-10-4)3(8)9/h1H/p+1.